The average Bonchev–Trinajstić information content (AvgIpc) is 2.88. The topological polar surface area (TPSA) is 39.9 Å². The number of pyridine rings is 2. The minimum Gasteiger partial charge on any atom is -0.436 e. The van der Waals surface area contributed by atoms with Gasteiger partial charge >= 0.3 is 0 Å². The first-order valence-corrected chi connectivity index (χ1v) is 8.65. The fraction of sp³-hybridized carbons (Fsp3) is 0.238. The lowest BCUT2D eigenvalue weighted by Gasteiger charge is -2.12. The number of aromatic nitrogens is 3. The Bertz CT molecular complexity index is 1060. The number of nitrogens with zero attached hydrogens (tertiary/aromatic N) is 3. The minimum absolute atomic E-state index is 0.659. The Morgan fingerprint density at radius 1 is 1.04 bits per heavy atom. The first kappa shape index (κ1) is 15.6. The summed E-state index contributed by atoms with van der Waals surface area (Å²) in [5.41, 5.74) is 3.64. The van der Waals surface area contributed by atoms with Crippen LogP contribution >= 0.6 is 0 Å². The summed E-state index contributed by atoms with van der Waals surface area (Å²) in [6, 6.07) is 10.1. The van der Waals surface area contributed by atoms with Crippen LogP contribution in [0.1, 0.15) is 24.6 Å². The summed E-state index contributed by atoms with van der Waals surface area (Å²) in [4.78, 5) is 8.74. The van der Waals surface area contributed by atoms with Crippen LogP contribution in [0.3, 0.4) is 0 Å². The highest BCUT2D eigenvalue weighted by Crippen LogP contribution is 2.35. The third-order valence-electron chi connectivity index (χ3n) is 4.81. The zero-order valence-electron chi connectivity index (χ0n) is 14.8. The molecular weight excluding hydrogens is 310 g/mol. The number of benzene rings is 1. The first-order chi connectivity index (χ1) is 12.2. The van der Waals surface area contributed by atoms with E-state index in [2.05, 4.69) is 41.4 Å². The first-order valence-electron chi connectivity index (χ1n) is 8.65. The van der Waals surface area contributed by atoms with Gasteiger partial charge in [-0.2, -0.15) is 0 Å². The van der Waals surface area contributed by atoms with Crippen molar-refractivity contribution >= 4 is 21.7 Å². The normalized spacial score (nSPS) is 11.3. The molecule has 0 aliphatic rings. The van der Waals surface area contributed by atoms with Gasteiger partial charge in [0, 0.05) is 47.0 Å². The Balaban J connectivity index is 1.91. The van der Waals surface area contributed by atoms with Crippen molar-refractivity contribution in [2.75, 3.05) is 0 Å². The number of rotatable bonds is 4. The molecule has 0 fully saturated rings. The molecule has 3 heterocycles. The second-order valence-electron chi connectivity index (χ2n) is 6.33. The van der Waals surface area contributed by atoms with Gasteiger partial charge in [0.2, 0.25) is 5.88 Å². The molecule has 0 spiro atoms. The van der Waals surface area contributed by atoms with Gasteiger partial charge in [-0.3, -0.25) is 4.98 Å². The van der Waals surface area contributed by atoms with Crippen LogP contribution < -0.4 is 4.74 Å². The standard InChI is InChI=1S/C21H21N3O/c1-4-12-24-15(3)14(2)17-9-11-23-21(20(17)24)25-19-7-5-6-16-13-22-10-8-18(16)19/h5-11,13H,4,12H2,1-3H3. The lowest BCUT2D eigenvalue weighted by molar-refractivity contribution is 0.470. The summed E-state index contributed by atoms with van der Waals surface area (Å²) in [5.74, 6) is 1.46. The number of hydrogen-bond acceptors (Lipinski definition) is 3. The molecule has 0 radical (unpaired) electrons. The van der Waals surface area contributed by atoms with Crippen molar-refractivity contribution in [1.29, 1.82) is 0 Å². The minimum atomic E-state index is 0.659. The van der Waals surface area contributed by atoms with E-state index in [9.17, 15) is 0 Å². The smallest absolute Gasteiger partial charge is 0.244 e. The highest BCUT2D eigenvalue weighted by molar-refractivity contribution is 5.91. The second kappa shape index (κ2) is 6.20. The summed E-state index contributed by atoms with van der Waals surface area (Å²) >= 11 is 0. The van der Waals surface area contributed by atoms with E-state index in [1.54, 1.807) is 6.20 Å². The van der Waals surface area contributed by atoms with Crippen molar-refractivity contribution in [3.05, 3.63) is 60.2 Å². The van der Waals surface area contributed by atoms with Gasteiger partial charge in [0.15, 0.2) is 0 Å². The molecular formula is C21H21N3O. The number of fused-ring (bicyclic) bond motifs is 2. The Hall–Kier alpha value is -2.88. The van der Waals surface area contributed by atoms with Crippen LogP contribution in [-0.4, -0.2) is 14.5 Å². The molecule has 4 rings (SSSR count). The van der Waals surface area contributed by atoms with Crippen LogP contribution in [-0.2, 0) is 6.54 Å². The van der Waals surface area contributed by atoms with Gasteiger partial charge in [0.05, 0.1) is 0 Å². The fourth-order valence-electron chi connectivity index (χ4n) is 3.43. The van der Waals surface area contributed by atoms with Crippen molar-refractivity contribution in [1.82, 2.24) is 14.5 Å². The molecule has 25 heavy (non-hydrogen) atoms. The molecule has 3 aromatic heterocycles. The molecule has 0 aliphatic heterocycles. The Morgan fingerprint density at radius 2 is 1.88 bits per heavy atom. The predicted octanol–water partition coefficient (Wildman–Crippen LogP) is 5.40. The van der Waals surface area contributed by atoms with Crippen LogP contribution in [0.5, 0.6) is 11.6 Å². The van der Waals surface area contributed by atoms with Gasteiger partial charge in [-0.25, -0.2) is 4.98 Å². The van der Waals surface area contributed by atoms with Crippen molar-refractivity contribution < 1.29 is 4.74 Å². The van der Waals surface area contributed by atoms with Crippen molar-refractivity contribution in [3.63, 3.8) is 0 Å². The van der Waals surface area contributed by atoms with Gasteiger partial charge in [-0.05, 0) is 44.0 Å². The Labute approximate surface area is 147 Å². The Morgan fingerprint density at radius 3 is 2.72 bits per heavy atom. The van der Waals surface area contributed by atoms with Gasteiger partial charge in [-0.1, -0.05) is 19.1 Å². The van der Waals surface area contributed by atoms with E-state index in [1.165, 1.54) is 16.6 Å². The molecule has 0 aliphatic carbocycles. The fourth-order valence-corrected chi connectivity index (χ4v) is 3.43. The molecule has 1 aromatic carbocycles. The van der Waals surface area contributed by atoms with Crippen molar-refractivity contribution in [2.45, 2.75) is 33.7 Å². The lowest BCUT2D eigenvalue weighted by Crippen LogP contribution is -2.01. The van der Waals surface area contributed by atoms with Crippen LogP contribution in [0.25, 0.3) is 21.7 Å². The van der Waals surface area contributed by atoms with E-state index >= 15 is 0 Å². The maximum atomic E-state index is 6.30. The zero-order chi connectivity index (χ0) is 17.4. The van der Waals surface area contributed by atoms with Crippen LogP contribution in [0.4, 0.5) is 0 Å². The molecule has 0 bridgehead atoms. The molecule has 126 valence electrons. The zero-order valence-corrected chi connectivity index (χ0v) is 14.8. The van der Waals surface area contributed by atoms with Gasteiger partial charge in [0.25, 0.3) is 0 Å². The molecule has 0 N–H and O–H groups in total. The summed E-state index contributed by atoms with van der Waals surface area (Å²) in [6.45, 7) is 7.47. The maximum Gasteiger partial charge on any atom is 0.244 e. The predicted molar refractivity (Wildman–Crippen MR) is 101 cm³/mol. The molecule has 0 atom stereocenters. The quantitative estimate of drug-likeness (QED) is 0.502. The number of ether oxygens (including phenoxy) is 1. The third kappa shape index (κ3) is 2.54. The highest BCUT2D eigenvalue weighted by Gasteiger charge is 2.16. The largest absolute Gasteiger partial charge is 0.436 e. The van der Waals surface area contributed by atoms with E-state index < -0.39 is 0 Å². The van der Waals surface area contributed by atoms with Crippen LogP contribution in [0.15, 0.2) is 48.9 Å². The van der Waals surface area contributed by atoms with Crippen LogP contribution in [0.2, 0.25) is 0 Å². The molecule has 4 nitrogen and oxygen atoms in total. The molecule has 0 amide bonds. The summed E-state index contributed by atoms with van der Waals surface area (Å²) in [7, 11) is 0. The van der Waals surface area contributed by atoms with E-state index in [0.29, 0.717) is 5.88 Å². The number of aryl methyl sites for hydroxylation is 2. The molecule has 4 aromatic rings. The number of hydrogen-bond donors (Lipinski definition) is 0. The van der Waals surface area contributed by atoms with E-state index in [4.69, 9.17) is 4.74 Å². The SMILES string of the molecule is CCCn1c(C)c(C)c2ccnc(Oc3cccc4cnccc34)c21. The second-order valence-corrected chi connectivity index (χ2v) is 6.33. The third-order valence-corrected chi connectivity index (χ3v) is 4.81. The molecule has 0 unspecified atom stereocenters. The van der Waals surface area contributed by atoms with Gasteiger partial charge < -0.3 is 9.30 Å². The lowest BCUT2D eigenvalue weighted by atomic mass is 10.1. The monoisotopic (exact) mass is 331 g/mol. The summed E-state index contributed by atoms with van der Waals surface area (Å²) < 4.78 is 8.62. The molecule has 4 heteroatoms. The van der Waals surface area contributed by atoms with E-state index in [0.717, 1.165) is 35.0 Å². The molecule has 0 saturated carbocycles. The molecule has 0 saturated heterocycles. The maximum absolute atomic E-state index is 6.30. The summed E-state index contributed by atoms with van der Waals surface area (Å²) in [5, 5.41) is 3.31. The van der Waals surface area contributed by atoms with Crippen molar-refractivity contribution in [2.24, 2.45) is 0 Å². The highest BCUT2D eigenvalue weighted by atomic mass is 16.5. The van der Waals surface area contributed by atoms with E-state index in [1.807, 2.05) is 36.7 Å². The van der Waals surface area contributed by atoms with Gasteiger partial charge in [-0.15, -0.1) is 0 Å². The van der Waals surface area contributed by atoms with Gasteiger partial charge in [0.1, 0.15) is 11.3 Å². The Kier molecular flexibility index (Phi) is 3.88. The van der Waals surface area contributed by atoms with Crippen molar-refractivity contribution in [3.8, 4) is 11.6 Å². The summed E-state index contributed by atoms with van der Waals surface area (Å²) in [6.07, 6.45) is 6.53. The average molecular weight is 331 g/mol. The van der Waals surface area contributed by atoms with E-state index in [-0.39, 0.29) is 0 Å². The van der Waals surface area contributed by atoms with Crippen LogP contribution in [0, 0.1) is 13.8 Å².